The lowest BCUT2D eigenvalue weighted by Crippen LogP contribution is -2.31. The number of nitrogens with zero attached hydrogens (tertiary/aromatic N) is 1. The minimum absolute atomic E-state index is 0.00536. The maximum absolute atomic E-state index is 12.6. The van der Waals surface area contributed by atoms with E-state index < -0.39 is 5.79 Å². The van der Waals surface area contributed by atoms with E-state index in [-0.39, 0.29) is 30.3 Å². The number of rotatable bonds is 45. The van der Waals surface area contributed by atoms with Crippen molar-refractivity contribution in [3.05, 3.63) is 0 Å². The van der Waals surface area contributed by atoms with Crippen molar-refractivity contribution in [1.82, 2.24) is 4.90 Å². The Morgan fingerprint density at radius 1 is 0.567 bits per heavy atom. The Labute approximate surface area is 385 Å². The van der Waals surface area contributed by atoms with Crippen LogP contribution in [0, 0.1) is 0 Å². The van der Waals surface area contributed by atoms with Crippen molar-refractivity contribution < 1.29 is 28.5 Å². The number of hydrogen-bond acceptors (Lipinski definition) is 10. The summed E-state index contributed by atoms with van der Waals surface area (Å²) in [6, 6.07) is 0. The van der Waals surface area contributed by atoms with Crippen LogP contribution in [0.4, 0.5) is 0 Å². The summed E-state index contributed by atoms with van der Waals surface area (Å²) in [6.45, 7) is 10.7. The lowest BCUT2D eigenvalue weighted by atomic mass is 10.0. The van der Waals surface area contributed by atoms with Gasteiger partial charge in [0.05, 0.1) is 12.7 Å². The summed E-state index contributed by atoms with van der Waals surface area (Å²) in [7, 11) is 4.27. The molecule has 0 aliphatic carbocycles. The Morgan fingerprint density at radius 2 is 1.00 bits per heavy atom. The average Bonchev–Trinajstić information content (AvgIpc) is 3.64. The van der Waals surface area contributed by atoms with Crippen LogP contribution in [0.5, 0.6) is 0 Å². The van der Waals surface area contributed by atoms with Crippen molar-refractivity contribution in [1.29, 1.82) is 0 Å². The topological polar surface area (TPSA) is 74.3 Å². The van der Waals surface area contributed by atoms with Gasteiger partial charge >= 0.3 is 11.9 Å². The highest BCUT2D eigenvalue weighted by atomic mass is 32.2. The van der Waals surface area contributed by atoms with Gasteiger partial charge in [-0.15, -0.1) is 0 Å². The number of thioether (sulfide) groups is 3. The van der Waals surface area contributed by atoms with Crippen molar-refractivity contribution in [2.24, 2.45) is 0 Å². The lowest BCUT2D eigenvalue weighted by Gasteiger charge is -2.28. The molecule has 0 spiro atoms. The fourth-order valence-electron chi connectivity index (χ4n) is 7.71. The zero-order valence-electron chi connectivity index (χ0n) is 40.2. The second kappa shape index (κ2) is 41.6. The molecule has 7 nitrogen and oxygen atoms in total. The smallest absolute Gasteiger partial charge is 0.306 e. The van der Waals surface area contributed by atoms with E-state index >= 15 is 0 Å². The SMILES string of the molecule is CCCCCCCC(=O)OC(CCCCCC)CSCCCCCC1(CCCCCSCC(CCCCCC)OC(=O)CCCCCCC)OCC(CSCCN(C)C)O1. The van der Waals surface area contributed by atoms with Gasteiger partial charge in [-0.05, 0) is 89.8 Å². The van der Waals surface area contributed by atoms with Crippen LogP contribution in [0.3, 0.4) is 0 Å². The molecule has 10 heteroatoms. The summed E-state index contributed by atoms with van der Waals surface area (Å²) in [5.74, 6) is 5.72. The van der Waals surface area contributed by atoms with Crippen LogP contribution in [-0.2, 0) is 28.5 Å². The second-order valence-electron chi connectivity index (χ2n) is 17.9. The molecule has 0 aromatic heterocycles. The third-order valence-corrected chi connectivity index (χ3v) is 15.0. The van der Waals surface area contributed by atoms with Crippen LogP contribution in [0.2, 0.25) is 0 Å². The maximum atomic E-state index is 12.6. The molecule has 1 heterocycles. The predicted octanol–water partition coefficient (Wildman–Crippen LogP) is 14.5. The summed E-state index contributed by atoms with van der Waals surface area (Å²) in [5, 5.41) is 0. The standard InChI is InChI=1S/C50H97NO6S3/c1-7-11-15-19-25-33-48(52)55-45(31-23-17-13-9-3)42-58-38-29-21-27-35-50(54-41-47(57-50)44-60-40-37-51(5)6)36-28-22-30-39-59-43-46(32-24-18-14-10-4)56-49(53)34-26-20-16-12-8-2/h45-47H,7-44H2,1-6H3. The minimum Gasteiger partial charge on any atom is -0.461 e. The normalized spacial score (nSPS) is 17.7. The van der Waals surface area contributed by atoms with Crippen LogP contribution < -0.4 is 0 Å². The molecule has 0 radical (unpaired) electrons. The highest BCUT2D eigenvalue weighted by Crippen LogP contribution is 2.36. The van der Waals surface area contributed by atoms with E-state index in [1.165, 1.54) is 103 Å². The molecule has 3 atom stereocenters. The van der Waals surface area contributed by atoms with Gasteiger partial charge < -0.3 is 23.8 Å². The molecule has 1 aliphatic rings. The fourth-order valence-corrected chi connectivity index (χ4v) is 10.9. The van der Waals surface area contributed by atoms with Gasteiger partial charge in [-0.3, -0.25) is 9.59 Å². The minimum atomic E-state index is -0.449. The summed E-state index contributed by atoms with van der Waals surface area (Å²) < 4.78 is 25.4. The van der Waals surface area contributed by atoms with Gasteiger partial charge in [0.1, 0.15) is 12.2 Å². The van der Waals surface area contributed by atoms with E-state index in [0.29, 0.717) is 19.4 Å². The zero-order valence-corrected chi connectivity index (χ0v) is 42.7. The van der Waals surface area contributed by atoms with Crippen molar-refractivity contribution in [2.75, 3.05) is 61.8 Å². The number of esters is 2. The Kier molecular flexibility index (Phi) is 40.1. The first-order chi connectivity index (χ1) is 29.3. The third-order valence-electron chi connectivity index (χ3n) is 11.5. The van der Waals surface area contributed by atoms with Gasteiger partial charge in [-0.1, -0.05) is 130 Å². The molecule has 60 heavy (non-hydrogen) atoms. The number of ether oxygens (including phenoxy) is 4. The van der Waals surface area contributed by atoms with E-state index in [2.05, 4.69) is 46.7 Å². The molecular weight excluding hydrogens is 807 g/mol. The Balaban J connectivity index is 2.54. The molecule has 1 saturated heterocycles. The van der Waals surface area contributed by atoms with Crippen LogP contribution >= 0.6 is 35.3 Å². The molecule has 0 aromatic carbocycles. The molecule has 1 fully saturated rings. The van der Waals surface area contributed by atoms with E-state index in [1.807, 2.05) is 35.3 Å². The highest BCUT2D eigenvalue weighted by molar-refractivity contribution is 7.99. The summed E-state index contributed by atoms with van der Waals surface area (Å²) >= 11 is 5.90. The summed E-state index contributed by atoms with van der Waals surface area (Å²) in [6.07, 6.45) is 33.5. The van der Waals surface area contributed by atoms with Crippen LogP contribution in [-0.4, -0.2) is 103 Å². The quantitative estimate of drug-likeness (QED) is 0.0436. The zero-order chi connectivity index (χ0) is 43.8. The lowest BCUT2D eigenvalue weighted by molar-refractivity contribution is -0.177. The van der Waals surface area contributed by atoms with E-state index in [1.54, 1.807) is 0 Å². The molecule has 1 rings (SSSR count). The largest absolute Gasteiger partial charge is 0.461 e. The first-order valence-corrected chi connectivity index (χ1v) is 28.8. The van der Waals surface area contributed by atoms with E-state index in [0.717, 1.165) is 118 Å². The van der Waals surface area contributed by atoms with Gasteiger partial charge in [0, 0.05) is 55.2 Å². The molecule has 3 unspecified atom stereocenters. The number of carbonyl (C=O) groups is 2. The summed E-state index contributed by atoms with van der Waals surface area (Å²) in [4.78, 5) is 27.5. The second-order valence-corrected chi connectivity index (χ2v) is 21.3. The molecule has 1 aliphatic heterocycles. The summed E-state index contributed by atoms with van der Waals surface area (Å²) in [5.41, 5.74) is 0. The van der Waals surface area contributed by atoms with Crippen molar-refractivity contribution in [3.63, 3.8) is 0 Å². The van der Waals surface area contributed by atoms with E-state index in [4.69, 9.17) is 18.9 Å². The van der Waals surface area contributed by atoms with E-state index in [9.17, 15) is 9.59 Å². The van der Waals surface area contributed by atoms with Gasteiger partial charge in [0.25, 0.3) is 0 Å². The third kappa shape index (κ3) is 34.3. The van der Waals surface area contributed by atoms with Crippen molar-refractivity contribution in [2.45, 2.75) is 244 Å². The molecule has 0 N–H and O–H groups in total. The monoisotopic (exact) mass is 904 g/mol. The van der Waals surface area contributed by atoms with Crippen LogP contribution in [0.1, 0.15) is 220 Å². The highest BCUT2D eigenvalue weighted by Gasteiger charge is 2.40. The first kappa shape index (κ1) is 57.9. The fraction of sp³-hybridized carbons (Fsp3) is 0.960. The Morgan fingerprint density at radius 3 is 1.45 bits per heavy atom. The number of carbonyl (C=O) groups excluding carboxylic acids is 2. The average molecular weight is 905 g/mol. The van der Waals surface area contributed by atoms with Gasteiger partial charge in [0.15, 0.2) is 5.79 Å². The van der Waals surface area contributed by atoms with Gasteiger partial charge in [-0.25, -0.2) is 0 Å². The molecule has 0 aromatic rings. The van der Waals surface area contributed by atoms with Crippen molar-refractivity contribution >= 4 is 47.2 Å². The molecular formula is C50H97NO6S3. The number of hydrogen-bond donors (Lipinski definition) is 0. The molecule has 0 bridgehead atoms. The van der Waals surface area contributed by atoms with Crippen LogP contribution in [0.25, 0.3) is 0 Å². The first-order valence-electron chi connectivity index (χ1n) is 25.4. The predicted molar refractivity (Wildman–Crippen MR) is 265 cm³/mol. The Bertz CT molecular complexity index is 916. The van der Waals surface area contributed by atoms with Crippen LogP contribution in [0.15, 0.2) is 0 Å². The Hall–Kier alpha value is -0.130. The number of unbranched alkanes of at least 4 members (excludes halogenated alkanes) is 18. The molecule has 0 saturated carbocycles. The molecule has 0 amide bonds. The van der Waals surface area contributed by atoms with Gasteiger partial charge in [0.2, 0.25) is 0 Å². The van der Waals surface area contributed by atoms with Gasteiger partial charge in [-0.2, -0.15) is 35.3 Å². The molecule has 356 valence electrons. The maximum Gasteiger partial charge on any atom is 0.306 e. The van der Waals surface area contributed by atoms with Crippen molar-refractivity contribution in [3.8, 4) is 0 Å².